The van der Waals surface area contributed by atoms with E-state index in [2.05, 4.69) is 10.5 Å². The van der Waals surface area contributed by atoms with Crippen LogP contribution >= 0.6 is 0 Å². The third-order valence-electron chi connectivity index (χ3n) is 3.27. The van der Waals surface area contributed by atoms with Crippen molar-refractivity contribution in [2.75, 3.05) is 6.61 Å². The fourth-order valence-electron chi connectivity index (χ4n) is 2.25. The van der Waals surface area contributed by atoms with E-state index in [4.69, 9.17) is 15.2 Å². The van der Waals surface area contributed by atoms with E-state index in [1.54, 1.807) is 20.8 Å². The number of hydrogen-bond acceptors (Lipinski definition) is 6. The van der Waals surface area contributed by atoms with Crippen LogP contribution in [0.15, 0.2) is 5.10 Å². The fraction of sp³-hybridized carbons (Fsp3) is 0.692. The lowest BCUT2D eigenvalue weighted by atomic mass is 9.80. The van der Waals surface area contributed by atoms with Gasteiger partial charge in [-0.1, -0.05) is 0 Å². The van der Waals surface area contributed by atoms with Gasteiger partial charge in [-0.3, -0.25) is 9.59 Å². The van der Waals surface area contributed by atoms with Crippen molar-refractivity contribution in [3.63, 3.8) is 0 Å². The largest absolute Gasteiger partial charge is 0.465 e. The Balaban J connectivity index is 2.80. The van der Waals surface area contributed by atoms with Crippen LogP contribution in [0.3, 0.4) is 0 Å². The number of nitrogens with one attached hydrogen (secondary N) is 1. The molecule has 0 aromatic rings. The average molecular weight is 299 g/mol. The first-order chi connectivity index (χ1) is 9.81. The molecule has 0 aromatic carbocycles. The van der Waals surface area contributed by atoms with Crippen LogP contribution in [0.2, 0.25) is 0 Å². The van der Waals surface area contributed by atoms with Crippen LogP contribution in [-0.2, 0) is 19.1 Å². The Morgan fingerprint density at radius 1 is 1.57 bits per heavy atom. The van der Waals surface area contributed by atoms with E-state index in [1.165, 1.54) is 0 Å². The molecule has 2 atom stereocenters. The van der Waals surface area contributed by atoms with Crippen molar-refractivity contribution >= 4 is 23.7 Å². The zero-order valence-corrected chi connectivity index (χ0v) is 12.5. The Bertz CT molecular complexity index is 463. The predicted molar refractivity (Wildman–Crippen MR) is 74.3 cm³/mol. The third kappa shape index (κ3) is 4.17. The second-order valence-electron chi connectivity index (χ2n) is 5.05. The molecule has 0 spiro atoms. The Kier molecular flexibility index (Phi) is 5.69. The number of hydrazone groups is 1. The summed E-state index contributed by atoms with van der Waals surface area (Å²) in [5.74, 6) is -1.14. The highest BCUT2D eigenvalue weighted by atomic mass is 16.6. The number of nitrogens with zero attached hydrogens (tertiary/aromatic N) is 1. The quantitative estimate of drug-likeness (QED) is 0.323. The SMILES string of the molecule is CCOC(=O)[C@]1(CC/C(C)=N/NC(N)=O)C[C@@H](C)OC1=O. The van der Waals surface area contributed by atoms with Gasteiger partial charge in [-0.05, 0) is 33.6 Å². The van der Waals surface area contributed by atoms with E-state index >= 15 is 0 Å². The van der Waals surface area contributed by atoms with Gasteiger partial charge < -0.3 is 15.2 Å². The lowest BCUT2D eigenvalue weighted by molar-refractivity contribution is -0.165. The van der Waals surface area contributed by atoms with E-state index in [-0.39, 0.29) is 25.6 Å². The Hall–Kier alpha value is -2.12. The Morgan fingerprint density at radius 2 is 2.24 bits per heavy atom. The van der Waals surface area contributed by atoms with Crippen molar-refractivity contribution in [1.29, 1.82) is 0 Å². The molecular weight excluding hydrogens is 278 g/mol. The molecule has 118 valence electrons. The molecule has 1 saturated heterocycles. The lowest BCUT2D eigenvalue weighted by Gasteiger charge is -2.22. The predicted octanol–water partition coefficient (Wildman–Crippen LogP) is 0.696. The van der Waals surface area contributed by atoms with Crippen molar-refractivity contribution in [1.82, 2.24) is 5.43 Å². The lowest BCUT2D eigenvalue weighted by Crippen LogP contribution is -2.38. The van der Waals surface area contributed by atoms with Crippen molar-refractivity contribution in [3.8, 4) is 0 Å². The molecule has 8 nitrogen and oxygen atoms in total. The van der Waals surface area contributed by atoms with Crippen LogP contribution in [0.25, 0.3) is 0 Å². The second-order valence-corrected chi connectivity index (χ2v) is 5.05. The number of hydrogen-bond donors (Lipinski definition) is 2. The molecule has 2 amide bonds. The van der Waals surface area contributed by atoms with Crippen LogP contribution in [-0.4, -0.2) is 36.4 Å². The second kappa shape index (κ2) is 7.05. The van der Waals surface area contributed by atoms with Crippen molar-refractivity contribution in [3.05, 3.63) is 0 Å². The van der Waals surface area contributed by atoms with E-state index < -0.39 is 23.4 Å². The number of esters is 2. The molecule has 1 aliphatic heterocycles. The number of nitrogens with two attached hydrogens (primary N) is 1. The standard InChI is InChI=1S/C13H21N3O5/c1-4-20-10(17)13(7-9(3)21-11(13)18)6-5-8(2)15-16-12(14)19/h9H,4-7H2,1-3H3,(H3,14,16,19)/b15-8+/t9-,13+/m1/s1. The number of amides is 2. The summed E-state index contributed by atoms with van der Waals surface area (Å²) in [6, 6.07) is -0.775. The average Bonchev–Trinajstić information content (AvgIpc) is 2.69. The molecule has 0 aromatic heterocycles. The van der Waals surface area contributed by atoms with Gasteiger partial charge in [-0.25, -0.2) is 10.2 Å². The van der Waals surface area contributed by atoms with Crippen molar-refractivity contribution in [2.45, 2.75) is 46.1 Å². The molecule has 0 unspecified atom stereocenters. The van der Waals surface area contributed by atoms with E-state index in [1.807, 2.05) is 0 Å². The van der Waals surface area contributed by atoms with Gasteiger partial charge in [0.2, 0.25) is 0 Å². The first-order valence-corrected chi connectivity index (χ1v) is 6.78. The Labute approximate surface area is 123 Å². The maximum absolute atomic E-state index is 12.1. The summed E-state index contributed by atoms with van der Waals surface area (Å²) in [4.78, 5) is 34.8. The summed E-state index contributed by atoms with van der Waals surface area (Å²) in [5.41, 5.74) is 6.26. The van der Waals surface area contributed by atoms with E-state index in [9.17, 15) is 14.4 Å². The molecule has 1 heterocycles. The first-order valence-electron chi connectivity index (χ1n) is 6.78. The molecule has 0 saturated carbocycles. The number of urea groups is 1. The minimum atomic E-state index is -1.29. The first kappa shape index (κ1) is 16.9. The van der Waals surface area contributed by atoms with Crippen molar-refractivity contribution < 1.29 is 23.9 Å². The molecule has 3 N–H and O–H groups in total. The molecule has 1 fully saturated rings. The van der Waals surface area contributed by atoms with Gasteiger partial charge >= 0.3 is 18.0 Å². The molecule has 0 radical (unpaired) electrons. The van der Waals surface area contributed by atoms with Crippen molar-refractivity contribution in [2.24, 2.45) is 16.3 Å². The molecule has 1 rings (SSSR count). The highest BCUT2D eigenvalue weighted by Crippen LogP contribution is 2.39. The zero-order valence-electron chi connectivity index (χ0n) is 12.5. The van der Waals surface area contributed by atoms with Gasteiger partial charge in [0.05, 0.1) is 6.61 Å². The van der Waals surface area contributed by atoms with Gasteiger partial charge in [0.15, 0.2) is 5.41 Å². The molecule has 0 bridgehead atoms. The number of primary amides is 1. The summed E-state index contributed by atoms with van der Waals surface area (Å²) < 4.78 is 10.1. The molecule has 21 heavy (non-hydrogen) atoms. The normalized spacial score (nSPS) is 25.4. The third-order valence-corrected chi connectivity index (χ3v) is 3.27. The molecular formula is C13H21N3O5. The van der Waals surface area contributed by atoms with Gasteiger partial charge in [0.1, 0.15) is 6.10 Å². The number of ether oxygens (including phenoxy) is 2. The summed E-state index contributed by atoms with van der Waals surface area (Å²) in [6.07, 6.45) is 0.496. The van der Waals surface area contributed by atoms with E-state index in [0.717, 1.165) is 0 Å². The number of carbonyl (C=O) groups is 3. The number of cyclic esters (lactones) is 1. The van der Waals surface area contributed by atoms with Gasteiger partial charge in [-0.15, -0.1) is 0 Å². The van der Waals surface area contributed by atoms with Crippen LogP contribution < -0.4 is 11.2 Å². The van der Waals surface area contributed by atoms with Gasteiger partial charge in [-0.2, -0.15) is 5.10 Å². The maximum Gasteiger partial charge on any atom is 0.332 e. The monoisotopic (exact) mass is 299 g/mol. The van der Waals surface area contributed by atoms with Gasteiger partial charge in [0.25, 0.3) is 0 Å². The highest BCUT2D eigenvalue weighted by Gasteiger charge is 2.54. The minimum Gasteiger partial charge on any atom is -0.465 e. The van der Waals surface area contributed by atoms with Gasteiger partial charge in [0, 0.05) is 12.1 Å². The van der Waals surface area contributed by atoms with E-state index in [0.29, 0.717) is 12.1 Å². The smallest absolute Gasteiger partial charge is 0.332 e. The molecule has 0 aliphatic carbocycles. The van der Waals surface area contributed by atoms with Crippen LogP contribution in [0.4, 0.5) is 4.79 Å². The van der Waals surface area contributed by atoms with Crippen LogP contribution in [0, 0.1) is 5.41 Å². The molecule has 8 heteroatoms. The summed E-state index contributed by atoms with van der Waals surface area (Å²) >= 11 is 0. The van der Waals surface area contributed by atoms with Crippen LogP contribution in [0.5, 0.6) is 0 Å². The summed E-state index contributed by atoms with van der Waals surface area (Å²) in [5, 5.41) is 3.75. The fourth-order valence-corrected chi connectivity index (χ4v) is 2.25. The zero-order chi connectivity index (χ0) is 16.0. The number of carbonyl (C=O) groups excluding carboxylic acids is 3. The summed E-state index contributed by atoms with van der Waals surface area (Å²) in [6.45, 7) is 5.27. The minimum absolute atomic E-state index is 0.193. The topological polar surface area (TPSA) is 120 Å². The highest BCUT2D eigenvalue weighted by molar-refractivity contribution is 6.02. The Morgan fingerprint density at radius 3 is 2.71 bits per heavy atom. The summed E-state index contributed by atoms with van der Waals surface area (Å²) in [7, 11) is 0. The number of rotatable bonds is 6. The van der Waals surface area contributed by atoms with Crippen LogP contribution in [0.1, 0.15) is 40.0 Å². The maximum atomic E-state index is 12.1. The molecule has 1 aliphatic rings.